The molecule has 1 atom stereocenters. The molecule has 8 heteroatoms. The number of nitrogens with zero attached hydrogens (tertiary/aromatic N) is 5. The van der Waals surface area contributed by atoms with Crippen LogP contribution >= 0.6 is 11.3 Å². The van der Waals surface area contributed by atoms with E-state index >= 15 is 0 Å². The molecule has 25 heavy (non-hydrogen) atoms. The molecule has 7 nitrogen and oxygen atoms in total. The van der Waals surface area contributed by atoms with Crippen molar-refractivity contribution in [1.29, 1.82) is 0 Å². The summed E-state index contributed by atoms with van der Waals surface area (Å²) in [5, 5.41) is 3.44. The first-order chi connectivity index (χ1) is 12.1. The van der Waals surface area contributed by atoms with E-state index in [1.807, 2.05) is 18.6 Å². The number of amides is 1. The lowest BCUT2D eigenvalue weighted by Gasteiger charge is -2.25. The summed E-state index contributed by atoms with van der Waals surface area (Å²) in [5.74, 6) is -0.0723. The molecule has 1 N–H and O–H groups in total. The van der Waals surface area contributed by atoms with E-state index in [2.05, 4.69) is 30.1 Å². The van der Waals surface area contributed by atoms with Crippen LogP contribution in [0.15, 0.2) is 24.9 Å². The molecule has 2 saturated heterocycles. The standard InChI is InChI=1S/C17H22N6OS/c1-13(24)21-16-20-8-15(25-16)9-22-4-2-17(10-22)3-5-23(11-17)14-6-18-12-19-7-14/h6-8,12H,2-5,9-11H2,1H3,(H,20,21,24). The predicted octanol–water partition coefficient (Wildman–Crippen LogP) is 1.99. The SMILES string of the molecule is CC(=O)Nc1ncc(CN2CCC3(CCN(c4cncnc4)C3)C2)s1. The van der Waals surface area contributed by atoms with E-state index in [4.69, 9.17) is 0 Å². The molecule has 0 aliphatic carbocycles. The predicted molar refractivity (Wildman–Crippen MR) is 97.6 cm³/mol. The first kappa shape index (κ1) is 16.4. The van der Waals surface area contributed by atoms with Gasteiger partial charge in [-0.05, 0) is 19.4 Å². The number of aromatic nitrogens is 3. The number of carbonyl (C=O) groups excluding carboxylic acids is 1. The zero-order valence-electron chi connectivity index (χ0n) is 14.3. The van der Waals surface area contributed by atoms with E-state index in [-0.39, 0.29) is 5.91 Å². The van der Waals surface area contributed by atoms with Crippen molar-refractivity contribution in [3.05, 3.63) is 29.8 Å². The van der Waals surface area contributed by atoms with Crippen molar-refractivity contribution in [3.8, 4) is 0 Å². The summed E-state index contributed by atoms with van der Waals surface area (Å²) in [5.41, 5.74) is 1.50. The Bertz CT molecular complexity index is 751. The van der Waals surface area contributed by atoms with Crippen molar-refractivity contribution in [2.75, 3.05) is 36.4 Å². The first-order valence-corrected chi connectivity index (χ1v) is 9.38. The van der Waals surface area contributed by atoms with Crippen LogP contribution in [0.5, 0.6) is 0 Å². The van der Waals surface area contributed by atoms with Crippen LogP contribution in [0.1, 0.15) is 24.6 Å². The van der Waals surface area contributed by atoms with Crippen LogP contribution in [0.2, 0.25) is 0 Å². The van der Waals surface area contributed by atoms with Crippen molar-refractivity contribution in [2.45, 2.75) is 26.3 Å². The van der Waals surface area contributed by atoms with Gasteiger partial charge >= 0.3 is 0 Å². The number of hydrogen-bond acceptors (Lipinski definition) is 7. The maximum Gasteiger partial charge on any atom is 0.223 e. The van der Waals surface area contributed by atoms with Gasteiger partial charge in [0, 0.05) is 49.6 Å². The number of thiazole rings is 1. The molecule has 2 fully saturated rings. The minimum Gasteiger partial charge on any atom is -0.368 e. The number of nitrogens with one attached hydrogen (secondary N) is 1. The smallest absolute Gasteiger partial charge is 0.223 e. The molecule has 0 saturated carbocycles. The highest BCUT2D eigenvalue weighted by molar-refractivity contribution is 7.15. The summed E-state index contributed by atoms with van der Waals surface area (Å²) in [6.45, 7) is 6.81. The summed E-state index contributed by atoms with van der Waals surface area (Å²) >= 11 is 1.56. The zero-order valence-corrected chi connectivity index (χ0v) is 15.1. The van der Waals surface area contributed by atoms with Gasteiger partial charge < -0.3 is 10.2 Å². The lowest BCUT2D eigenvalue weighted by atomic mass is 9.86. The molecule has 0 radical (unpaired) electrons. The second-order valence-corrected chi connectivity index (χ2v) is 8.16. The molecule has 0 aromatic carbocycles. The number of carbonyl (C=O) groups is 1. The number of rotatable bonds is 4. The quantitative estimate of drug-likeness (QED) is 0.901. The van der Waals surface area contributed by atoms with Crippen LogP contribution in [-0.4, -0.2) is 51.9 Å². The molecule has 2 aromatic rings. The minimum atomic E-state index is -0.0723. The average Bonchev–Trinajstić information content (AvgIpc) is 3.31. The normalized spacial score (nSPS) is 23.5. The van der Waals surface area contributed by atoms with Gasteiger partial charge in [-0.2, -0.15) is 0 Å². The highest BCUT2D eigenvalue weighted by atomic mass is 32.1. The molecular weight excluding hydrogens is 336 g/mol. The Kier molecular flexibility index (Phi) is 4.39. The first-order valence-electron chi connectivity index (χ1n) is 8.57. The summed E-state index contributed by atoms with van der Waals surface area (Å²) < 4.78 is 0. The highest BCUT2D eigenvalue weighted by Gasteiger charge is 2.43. The van der Waals surface area contributed by atoms with Gasteiger partial charge in [0.15, 0.2) is 5.13 Å². The van der Waals surface area contributed by atoms with Gasteiger partial charge in [-0.15, -0.1) is 11.3 Å². The molecule has 0 bridgehead atoms. The Hall–Kier alpha value is -2.06. The molecule has 4 heterocycles. The molecule has 2 aliphatic heterocycles. The van der Waals surface area contributed by atoms with Gasteiger partial charge in [0.1, 0.15) is 6.33 Å². The van der Waals surface area contributed by atoms with Gasteiger partial charge in [0.05, 0.1) is 18.1 Å². The van der Waals surface area contributed by atoms with Crippen LogP contribution in [0.3, 0.4) is 0 Å². The van der Waals surface area contributed by atoms with Crippen molar-refractivity contribution >= 4 is 28.1 Å². The molecule has 132 valence electrons. The third kappa shape index (κ3) is 3.64. The Morgan fingerprint density at radius 3 is 2.84 bits per heavy atom. The van der Waals surface area contributed by atoms with Gasteiger partial charge in [0.2, 0.25) is 5.91 Å². The summed E-state index contributed by atoms with van der Waals surface area (Å²) in [4.78, 5) is 29.8. The maximum atomic E-state index is 11.1. The van der Waals surface area contributed by atoms with E-state index in [0.717, 1.165) is 38.4 Å². The van der Waals surface area contributed by atoms with Crippen molar-refractivity contribution in [3.63, 3.8) is 0 Å². The Labute approximate surface area is 151 Å². The molecule has 2 aromatic heterocycles. The number of anilines is 2. The van der Waals surface area contributed by atoms with E-state index in [9.17, 15) is 4.79 Å². The zero-order chi connectivity index (χ0) is 17.3. The molecule has 1 unspecified atom stereocenters. The molecule has 4 rings (SSSR count). The Morgan fingerprint density at radius 2 is 2.04 bits per heavy atom. The van der Waals surface area contributed by atoms with Crippen molar-refractivity contribution in [2.24, 2.45) is 5.41 Å². The topological polar surface area (TPSA) is 74.2 Å². The van der Waals surface area contributed by atoms with Crippen LogP contribution in [0.4, 0.5) is 10.8 Å². The van der Waals surface area contributed by atoms with Crippen LogP contribution in [-0.2, 0) is 11.3 Å². The van der Waals surface area contributed by atoms with Gasteiger partial charge in [-0.1, -0.05) is 0 Å². The molecule has 1 amide bonds. The largest absolute Gasteiger partial charge is 0.368 e. The summed E-state index contributed by atoms with van der Waals surface area (Å²) in [6, 6.07) is 0. The van der Waals surface area contributed by atoms with Crippen LogP contribution in [0.25, 0.3) is 0 Å². The Balaban J connectivity index is 1.35. The van der Waals surface area contributed by atoms with Crippen molar-refractivity contribution < 1.29 is 4.79 Å². The lowest BCUT2D eigenvalue weighted by Crippen LogP contribution is -2.30. The van der Waals surface area contributed by atoms with E-state index in [0.29, 0.717) is 10.5 Å². The second kappa shape index (κ2) is 6.68. The van der Waals surface area contributed by atoms with Crippen molar-refractivity contribution in [1.82, 2.24) is 19.9 Å². The Morgan fingerprint density at radius 1 is 1.24 bits per heavy atom. The van der Waals surface area contributed by atoms with Gasteiger partial charge in [0.25, 0.3) is 0 Å². The minimum absolute atomic E-state index is 0.0723. The third-order valence-electron chi connectivity index (χ3n) is 5.08. The maximum absolute atomic E-state index is 11.1. The number of likely N-dealkylation sites (tertiary alicyclic amines) is 1. The fourth-order valence-corrected chi connectivity index (χ4v) is 4.82. The summed E-state index contributed by atoms with van der Waals surface area (Å²) in [6.07, 6.45) is 9.71. The van der Waals surface area contributed by atoms with Gasteiger partial charge in [-0.3, -0.25) is 9.69 Å². The summed E-state index contributed by atoms with van der Waals surface area (Å²) in [7, 11) is 0. The molecule has 1 spiro atoms. The van der Waals surface area contributed by atoms with E-state index in [1.165, 1.54) is 24.6 Å². The fraction of sp³-hybridized carbons (Fsp3) is 0.529. The van der Waals surface area contributed by atoms with Crippen LogP contribution < -0.4 is 10.2 Å². The van der Waals surface area contributed by atoms with Gasteiger partial charge in [-0.25, -0.2) is 15.0 Å². The second-order valence-electron chi connectivity index (χ2n) is 7.04. The molecule has 2 aliphatic rings. The van der Waals surface area contributed by atoms with Crippen LogP contribution in [0, 0.1) is 5.41 Å². The van der Waals surface area contributed by atoms with E-state index < -0.39 is 0 Å². The average molecular weight is 358 g/mol. The highest BCUT2D eigenvalue weighted by Crippen LogP contribution is 2.41. The molecular formula is C17H22N6OS. The fourth-order valence-electron chi connectivity index (χ4n) is 3.92. The van der Waals surface area contributed by atoms with E-state index in [1.54, 1.807) is 17.7 Å². The lowest BCUT2D eigenvalue weighted by molar-refractivity contribution is -0.114. The monoisotopic (exact) mass is 358 g/mol. The number of hydrogen-bond donors (Lipinski definition) is 1. The third-order valence-corrected chi connectivity index (χ3v) is 5.98.